The van der Waals surface area contributed by atoms with Crippen molar-refractivity contribution in [3.05, 3.63) is 0 Å². The van der Waals surface area contributed by atoms with Gasteiger partial charge in [0.25, 0.3) is 0 Å². The fourth-order valence-electron chi connectivity index (χ4n) is 3.23. The van der Waals surface area contributed by atoms with Crippen molar-refractivity contribution in [1.29, 1.82) is 0 Å². The predicted molar refractivity (Wildman–Crippen MR) is 85.9 cm³/mol. The number of carbonyl (C=O) groups is 1. The van der Waals surface area contributed by atoms with Crippen LogP contribution in [0, 0.1) is 0 Å². The molecule has 0 spiro atoms. The first kappa shape index (κ1) is 18.0. The summed E-state index contributed by atoms with van der Waals surface area (Å²) in [5.74, 6) is 0.236. The molecule has 1 aliphatic carbocycles. The van der Waals surface area contributed by atoms with Crippen molar-refractivity contribution < 1.29 is 4.79 Å². The Morgan fingerprint density at radius 2 is 1.70 bits per heavy atom. The lowest BCUT2D eigenvalue weighted by molar-refractivity contribution is -0.124. The number of hydrogen-bond donors (Lipinski definition) is 2. The Morgan fingerprint density at radius 3 is 2.25 bits per heavy atom. The van der Waals surface area contributed by atoms with Gasteiger partial charge in [-0.1, -0.05) is 6.42 Å². The highest BCUT2D eigenvalue weighted by Gasteiger charge is 2.32. The number of nitrogens with zero attached hydrogens (tertiary/aromatic N) is 1. The van der Waals surface area contributed by atoms with Crippen LogP contribution in [0.5, 0.6) is 0 Å². The molecule has 3 rings (SSSR count). The molecule has 1 amide bonds. The highest BCUT2D eigenvalue weighted by molar-refractivity contribution is 5.85. The van der Waals surface area contributed by atoms with Crippen molar-refractivity contribution in [3.8, 4) is 0 Å². The molecule has 6 heteroatoms. The molecule has 3 fully saturated rings. The van der Waals surface area contributed by atoms with Gasteiger partial charge in [-0.25, -0.2) is 0 Å². The minimum absolute atomic E-state index is 0. The maximum absolute atomic E-state index is 12.1. The lowest BCUT2D eigenvalue weighted by Gasteiger charge is -2.33. The fourth-order valence-corrected chi connectivity index (χ4v) is 3.23. The third-order valence-electron chi connectivity index (χ3n) is 4.57. The maximum atomic E-state index is 12.1. The van der Waals surface area contributed by atoms with Crippen LogP contribution >= 0.6 is 24.8 Å². The molecule has 0 aromatic rings. The molecule has 20 heavy (non-hydrogen) atoms. The number of nitrogens with one attached hydrogen (secondary N) is 2. The summed E-state index contributed by atoms with van der Waals surface area (Å²) in [7, 11) is 0. The summed E-state index contributed by atoms with van der Waals surface area (Å²) >= 11 is 0. The zero-order valence-corrected chi connectivity index (χ0v) is 13.6. The molecule has 1 saturated carbocycles. The quantitative estimate of drug-likeness (QED) is 0.831. The second-order valence-corrected chi connectivity index (χ2v) is 6.05. The molecule has 2 aliphatic heterocycles. The number of hydrogen-bond acceptors (Lipinski definition) is 3. The monoisotopic (exact) mass is 323 g/mol. The molecular formula is C14H27Cl2N3O. The summed E-state index contributed by atoms with van der Waals surface area (Å²) in [4.78, 5) is 14.7. The molecule has 3 aliphatic rings. The third-order valence-corrected chi connectivity index (χ3v) is 4.57. The van der Waals surface area contributed by atoms with Crippen LogP contribution in [0.15, 0.2) is 0 Å². The Kier molecular flexibility index (Phi) is 7.59. The first-order valence-corrected chi connectivity index (χ1v) is 7.61. The molecule has 0 aromatic carbocycles. The van der Waals surface area contributed by atoms with Gasteiger partial charge in [-0.15, -0.1) is 24.8 Å². The van der Waals surface area contributed by atoms with Gasteiger partial charge in [-0.3, -0.25) is 4.79 Å². The summed E-state index contributed by atoms with van der Waals surface area (Å²) in [5.41, 5.74) is 0. The summed E-state index contributed by atoms with van der Waals surface area (Å²) < 4.78 is 0. The van der Waals surface area contributed by atoms with Crippen molar-refractivity contribution in [1.82, 2.24) is 15.5 Å². The van der Waals surface area contributed by atoms with Crippen molar-refractivity contribution in [2.24, 2.45) is 0 Å². The molecular weight excluding hydrogens is 297 g/mol. The van der Waals surface area contributed by atoms with E-state index in [0.717, 1.165) is 31.8 Å². The average molecular weight is 324 g/mol. The number of amides is 1. The molecule has 118 valence electrons. The van der Waals surface area contributed by atoms with Crippen molar-refractivity contribution >= 4 is 30.7 Å². The van der Waals surface area contributed by atoms with E-state index in [-0.39, 0.29) is 36.8 Å². The average Bonchev–Trinajstić information content (AvgIpc) is 3.25. The number of rotatable bonds is 3. The smallest absolute Gasteiger partial charge is 0.237 e. The van der Waals surface area contributed by atoms with Crippen LogP contribution in [0.1, 0.15) is 44.9 Å². The molecule has 0 aromatic heterocycles. The maximum Gasteiger partial charge on any atom is 0.237 e. The fraction of sp³-hybridized carbons (Fsp3) is 0.929. The van der Waals surface area contributed by atoms with E-state index in [1.54, 1.807) is 0 Å². The van der Waals surface area contributed by atoms with E-state index < -0.39 is 0 Å². The van der Waals surface area contributed by atoms with E-state index in [1.807, 2.05) is 0 Å². The Bertz CT molecular complexity index is 299. The molecule has 2 N–H and O–H groups in total. The number of halogens is 2. The largest absolute Gasteiger partial charge is 0.352 e. The van der Waals surface area contributed by atoms with E-state index in [1.165, 1.54) is 38.8 Å². The lowest BCUT2D eigenvalue weighted by Crippen LogP contribution is -2.52. The minimum Gasteiger partial charge on any atom is -0.352 e. The lowest BCUT2D eigenvalue weighted by atomic mass is 10.0. The van der Waals surface area contributed by atoms with Crippen LogP contribution in [0.4, 0.5) is 0 Å². The van der Waals surface area contributed by atoms with Crippen LogP contribution in [0.3, 0.4) is 0 Å². The predicted octanol–water partition coefficient (Wildman–Crippen LogP) is 1.72. The van der Waals surface area contributed by atoms with Crippen LogP contribution in [-0.2, 0) is 4.79 Å². The van der Waals surface area contributed by atoms with Gasteiger partial charge in [0.1, 0.15) is 0 Å². The van der Waals surface area contributed by atoms with Gasteiger partial charge in [0.05, 0.1) is 6.04 Å². The molecule has 1 unspecified atom stereocenters. The van der Waals surface area contributed by atoms with Gasteiger partial charge < -0.3 is 15.5 Å². The normalized spacial score (nSPS) is 28.1. The highest BCUT2D eigenvalue weighted by Crippen LogP contribution is 2.29. The van der Waals surface area contributed by atoms with E-state index in [9.17, 15) is 4.79 Å². The summed E-state index contributed by atoms with van der Waals surface area (Å²) in [6, 6.07) is 1.36. The molecule has 1 atom stereocenters. The van der Waals surface area contributed by atoms with E-state index in [4.69, 9.17) is 0 Å². The highest BCUT2D eigenvalue weighted by atomic mass is 35.5. The Morgan fingerprint density at radius 1 is 1.00 bits per heavy atom. The second-order valence-electron chi connectivity index (χ2n) is 6.05. The molecule has 0 bridgehead atoms. The van der Waals surface area contributed by atoms with E-state index >= 15 is 0 Å². The Balaban J connectivity index is 0.000001000. The number of piperidine rings is 2. The molecule has 4 nitrogen and oxygen atoms in total. The van der Waals surface area contributed by atoms with Gasteiger partial charge in [-0.2, -0.15) is 0 Å². The zero-order valence-electron chi connectivity index (χ0n) is 12.0. The summed E-state index contributed by atoms with van der Waals surface area (Å²) in [5, 5.41) is 6.56. The minimum atomic E-state index is 0. The Labute approximate surface area is 134 Å². The van der Waals surface area contributed by atoms with E-state index in [0.29, 0.717) is 6.04 Å². The van der Waals surface area contributed by atoms with Crippen molar-refractivity contribution in [2.75, 3.05) is 19.6 Å². The zero-order chi connectivity index (χ0) is 12.4. The standard InChI is InChI=1S/C14H25N3O.2ClH/c18-14(13-3-1-2-8-15-13)16-11-6-9-17(10-7-11)12-4-5-12;;/h11-13,15H,1-10H2,(H,16,18);2*1H. The van der Waals surface area contributed by atoms with Crippen LogP contribution < -0.4 is 10.6 Å². The molecule has 0 radical (unpaired) electrons. The van der Waals surface area contributed by atoms with E-state index in [2.05, 4.69) is 15.5 Å². The van der Waals surface area contributed by atoms with Gasteiger partial charge in [0.15, 0.2) is 0 Å². The summed E-state index contributed by atoms with van der Waals surface area (Å²) in [6.07, 6.45) is 8.46. The first-order valence-electron chi connectivity index (χ1n) is 7.61. The van der Waals surface area contributed by atoms with Crippen LogP contribution in [0.25, 0.3) is 0 Å². The van der Waals surface area contributed by atoms with Crippen LogP contribution in [-0.4, -0.2) is 48.6 Å². The van der Waals surface area contributed by atoms with Gasteiger partial charge >= 0.3 is 0 Å². The molecule has 2 heterocycles. The SMILES string of the molecule is Cl.Cl.O=C(NC1CCN(C2CC2)CC1)C1CCCCN1. The van der Waals surface area contributed by atoms with Gasteiger partial charge in [-0.05, 0) is 45.1 Å². The first-order chi connectivity index (χ1) is 8.83. The summed E-state index contributed by atoms with van der Waals surface area (Å²) in [6.45, 7) is 3.35. The van der Waals surface area contributed by atoms with Gasteiger partial charge in [0.2, 0.25) is 5.91 Å². The molecule has 2 saturated heterocycles. The van der Waals surface area contributed by atoms with Crippen LogP contribution in [0.2, 0.25) is 0 Å². The van der Waals surface area contributed by atoms with Gasteiger partial charge in [0, 0.05) is 25.2 Å². The van der Waals surface area contributed by atoms with Crippen molar-refractivity contribution in [2.45, 2.75) is 63.1 Å². The number of carbonyl (C=O) groups excluding carboxylic acids is 1. The second kappa shape index (κ2) is 8.42. The topological polar surface area (TPSA) is 44.4 Å². The third kappa shape index (κ3) is 4.76. The number of likely N-dealkylation sites (tertiary alicyclic amines) is 1. The Hall–Kier alpha value is -0.0300. The van der Waals surface area contributed by atoms with Crippen molar-refractivity contribution in [3.63, 3.8) is 0 Å².